The van der Waals surface area contributed by atoms with Crippen LogP contribution in [0.1, 0.15) is 42.8 Å². The second-order valence-corrected chi connectivity index (χ2v) is 6.83. The second-order valence-electron chi connectivity index (χ2n) is 6.48. The summed E-state index contributed by atoms with van der Waals surface area (Å²) >= 11 is 5.34. The summed E-state index contributed by atoms with van der Waals surface area (Å²) in [7, 11) is 2.08. The number of benzene rings is 2. The van der Waals surface area contributed by atoms with E-state index < -0.39 is 0 Å². The fraction of sp³-hybridized carbons (Fsp3) is 0.300. The number of aromatic nitrogens is 2. The fourth-order valence-electron chi connectivity index (χ4n) is 2.91. The Morgan fingerprint density at radius 3 is 1.96 bits per heavy atom. The molecule has 0 radical (unpaired) electrons. The standard InChI is InChI=1S/C20H23N3OS/c1-15(2)19-21-23(20(25)24-19)14-22(3)18(16-10-6-4-7-11-16)17-12-8-5-9-13-17/h4-13,15,18H,14H2,1-3H3. The van der Waals surface area contributed by atoms with Gasteiger partial charge in [-0.3, -0.25) is 4.90 Å². The summed E-state index contributed by atoms with van der Waals surface area (Å²) < 4.78 is 7.36. The average molecular weight is 353 g/mol. The molecule has 3 aromatic rings. The predicted molar refractivity (Wildman–Crippen MR) is 102 cm³/mol. The SMILES string of the molecule is CC(C)c1nn(CN(C)C(c2ccccc2)c2ccccc2)c(=S)o1. The molecule has 4 nitrogen and oxygen atoms in total. The Morgan fingerprint density at radius 1 is 1.00 bits per heavy atom. The molecule has 0 fully saturated rings. The van der Waals surface area contributed by atoms with Crippen LogP contribution < -0.4 is 0 Å². The smallest absolute Gasteiger partial charge is 0.288 e. The number of rotatable bonds is 6. The van der Waals surface area contributed by atoms with Crippen molar-refractivity contribution in [3.05, 3.63) is 82.5 Å². The molecule has 25 heavy (non-hydrogen) atoms. The summed E-state index contributed by atoms with van der Waals surface area (Å²) in [5.74, 6) is 0.890. The van der Waals surface area contributed by atoms with Gasteiger partial charge in [0.15, 0.2) is 0 Å². The molecule has 0 bridgehead atoms. The monoisotopic (exact) mass is 353 g/mol. The molecule has 0 unspecified atom stereocenters. The van der Waals surface area contributed by atoms with E-state index in [0.717, 1.165) is 0 Å². The summed E-state index contributed by atoms with van der Waals surface area (Å²) in [5.41, 5.74) is 2.46. The molecule has 1 aromatic heterocycles. The minimum Gasteiger partial charge on any atom is -0.414 e. The van der Waals surface area contributed by atoms with E-state index in [-0.39, 0.29) is 12.0 Å². The lowest BCUT2D eigenvalue weighted by Crippen LogP contribution is -2.28. The Morgan fingerprint density at radius 2 is 1.52 bits per heavy atom. The van der Waals surface area contributed by atoms with Crippen LogP contribution in [-0.4, -0.2) is 21.7 Å². The fourth-order valence-corrected chi connectivity index (χ4v) is 3.09. The van der Waals surface area contributed by atoms with Gasteiger partial charge in [0.25, 0.3) is 4.84 Å². The molecular weight excluding hydrogens is 330 g/mol. The van der Waals surface area contributed by atoms with E-state index in [1.807, 2.05) is 26.0 Å². The first-order chi connectivity index (χ1) is 12.1. The maximum atomic E-state index is 5.61. The van der Waals surface area contributed by atoms with Crippen LogP contribution in [0.25, 0.3) is 0 Å². The number of nitrogens with zero attached hydrogens (tertiary/aromatic N) is 3. The van der Waals surface area contributed by atoms with E-state index in [9.17, 15) is 0 Å². The van der Waals surface area contributed by atoms with Gasteiger partial charge in [0.2, 0.25) is 5.89 Å². The van der Waals surface area contributed by atoms with Crippen LogP contribution in [0.4, 0.5) is 0 Å². The topological polar surface area (TPSA) is 34.2 Å². The molecule has 130 valence electrons. The summed E-state index contributed by atoms with van der Waals surface area (Å²) in [4.78, 5) is 2.64. The van der Waals surface area contributed by atoms with Crippen molar-refractivity contribution < 1.29 is 4.42 Å². The minimum atomic E-state index is 0.114. The van der Waals surface area contributed by atoms with Crippen LogP contribution in [-0.2, 0) is 6.67 Å². The largest absolute Gasteiger partial charge is 0.414 e. The van der Waals surface area contributed by atoms with Crippen molar-refractivity contribution in [3.63, 3.8) is 0 Å². The summed E-state index contributed by atoms with van der Waals surface area (Å²) in [5, 5.41) is 4.52. The van der Waals surface area contributed by atoms with E-state index in [1.165, 1.54) is 11.1 Å². The summed E-state index contributed by atoms with van der Waals surface area (Å²) in [6, 6.07) is 21.0. The molecule has 0 saturated heterocycles. The van der Waals surface area contributed by atoms with E-state index in [2.05, 4.69) is 65.6 Å². The zero-order valence-corrected chi connectivity index (χ0v) is 15.6. The lowest BCUT2D eigenvalue weighted by Gasteiger charge is -2.28. The van der Waals surface area contributed by atoms with Gasteiger partial charge in [0.05, 0.1) is 12.7 Å². The van der Waals surface area contributed by atoms with Crippen LogP contribution in [0.2, 0.25) is 0 Å². The van der Waals surface area contributed by atoms with Crippen LogP contribution >= 0.6 is 12.2 Å². The Balaban J connectivity index is 1.93. The van der Waals surface area contributed by atoms with Gasteiger partial charge in [-0.2, -0.15) is 0 Å². The summed E-state index contributed by atoms with van der Waals surface area (Å²) in [6.07, 6.45) is 0. The zero-order valence-electron chi connectivity index (χ0n) is 14.8. The third kappa shape index (κ3) is 4.06. The second kappa shape index (κ2) is 7.76. The number of hydrogen-bond acceptors (Lipinski definition) is 4. The third-order valence-corrected chi connectivity index (χ3v) is 4.44. The quantitative estimate of drug-likeness (QED) is 0.584. The molecule has 5 heteroatoms. The van der Waals surface area contributed by atoms with E-state index >= 15 is 0 Å². The van der Waals surface area contributed by atoms with Gasteiger partial charge in [-0.1, -0.05) is 74.5 Å². The lowest BCUT2D eigenvalue weighted by molar-refractivity contribution is 0.205. The maximum Gasteiger partial charge on any atom is 0.288 e. The molecule has 0 aliphatic carbocycles. The first-order valence-electron chi connectivity index (χ1n) is 8.44. The van der Waals surface area contributed by atoms with E-state index in [0.29, 0.717) is 17.4 Å². The molecule has 2 aromatic carbocycles. The molecule has 0 spiro atoms. The highest BCUT2D eigenvalue weighted by molar-refractivity contribution is 7.71. The highest BCUT2D eigenvalue weighted by atomic mass is 32.1. The first-order valence-corrected chi connectivity index (χ1v) is 8.85. The van der Waals surface area contributed by atoms with Crippen molar-refractivity contribution in [2.75, 3.05) is 7.05 Å². The van der Waals surface area contributed by atoms with Gasteiger partial charge in [-0.05, 0) is 30.4 Å². The minimum absolute atomic E-state index is 0.114. The van der Waals surface area contributed by atoms with E-state index in [4.69, 9.17) is 16.6 Å². The van der Waals surface area contributed by atoms with Gasteiger partial charge in [0, 0.05) is 5.92 Å². The van der Waals surface area contributed by atoms with Crippen LogP contribution in [0.5, 0.6) is 0 Å². The Kier molecular flexibility index (Phi) is 5.46. The third-order valence-electron chi connectivity index (χ3n) is 4.14. The van der Waals surface area contributed by atoms with E-state index in [1.54, 1.807) is 4.68 Å². The molecule has 0 atom stereocenters. The van der Waals surface area contributed by atoms with Crippen molar-refractivity contribution >= 4 is 12.2 Å². The molecule has 1 heterocycles. The lowest BCUT2D eigenvalue weighted by atomic mass is 9.98. The normalized spacial score (nSPS) is 11.6. The highest BCUT2D eigenvalue weighted by Gasteiger charge is 2.20. The van der Waals surface area contributed by atoms with Crippen molar-refractivity contribution in [1.82, 2.24) is 14.7 Å². The Labute approximate surface area is 153 Å². The van der Waals surface area contributed by atoms with Gasteiger partial charge >= 0.3 is 0 Å². The Bertz CT molecular complexity index is 816. The van der Waals surface area contributed by atoms with Crippen LogP contribution in [0, 0.1) is 4.84 Å². The molecule has 0 amide bonds. The van der Waals surface area contributed by atoms with Gasteiger partial charge in [-0.25, -0.2) is 4.68 Å². The van der Waals surface area contributed by atoms with Crippen molar-refractivity contribution in [2.24, 2.45) is 0 Å². The van der Waals surface area contributed by atoms with Gasteiger partial charge in [0.1, 0.15) is 0 Å². The highest BCUT2D eigenvalue weighted by Crippen LogP contribution is 2.28. The molecule has 0 aliphatic rings. The zero-order chi connectivity index (χ0) is 17.8. The Hall–Kier alpha value is -2.24. The molecular formula is C20H23N3OS. The maximum absolute atomic E-state index is 5.61. The first kappa shape index (κ1) is 17.6. The molecule has 0 aliphatic heterocycles. The van der Waals surface area contributed by atoms with Crippen molar-refractivity contribution in [2.45, 2.75) is 32.5 Å². The predicted octanol–water partition coefficient (Wildman–Crippen LogP) is 5.01. The van der Waals surface area contributed by atoms with Crippen LogP contribution in [0.15, 0.2) is 65.1 Å². The van der Waals surface area contributed by atoms with Crippen molar-refractivity contribution in [1.29, 1.82) is 0 Å². The van der Waals surface area contributed by atoms with Gasteiger partial charge in [-0.15, -0.1) is 5.10 Å². The molecule has 3 rings (SSSR count). The molecule has 0 saturated carbocycles. The summed E-state index contributed by atoms with van der Waals surface area (Å²) in [6.45, 7) is 4.65. The van der Waals surface area contributed by atoms with Crippen molar-refractivity contribution in [3.8, 4) is 0 Å². The average Bonchev–Trinajstić information content (AvgIpc) is 2.98. The van der Waals surface area contributed by atoms with Gasteiger partial charge < -0.3 is 4.42 Å². The van der Waals surface area contributed by atoms with Crippen LogP contribution in [0.3, 0.4) is 0 Å². The molecule has 0 N–H and O–H groups in total. The number of hydrogen-bond donors (Lipinski definition) is 0.